The summed E-state index contributed by atoms with van der Waals surface area (Å²) in [6.45, 7) is 3.70. The Balaban J connectivity index is 2.01. The monoisotopic (exact) mass is 344 g/mol. The van der Waals surface area contributed by atoms with E-state index in [1.165, 1.54) is 18.2 Å². The SMILES string of the molecule is CC(C)NC(=O)Nc1ccc(C(=O)/C=C/c2ccc(F)c(F)c2)cc1. The summed E-state index contributed by atoms with van der Waals surface area (Å²) >= 11 is 0. The number of rotatable bonds is 5. The van der Waals surface area contributed by atoms with Crippen molar-refractivity contribution in [1.82, 2.24) is 5.32 Å². The van der Waals surface area contributed by atoms with Crippen LogP contribution in [0.25, 0.3) is 6.08 Å². The Hall–Kier alpha value is -3.02. The summed E-state index contributed by atoms with van der Waals surface area (Å²) < 4.78 is 26.0. The average Bonchev–Trinajstić information content (AvgIpc) is 2.55. The molecule has 0 aliphatic carbocycles. The summed E-state index contributed by atoms with van der Waals surface area (Å²) in [5, 5.41) is 5.34. The summed E-state index contributed by atoms with van der Waals surface area (Å²) in [4.78, 5) is 23.7. The minimum Gasteiger partial charge on any atom is -0.336 e. The average molecular weight is 344 g/mol. The van der Waals surface area contributed by atoms with Crippen molar-refractivity contribution in [1.29, 1.82) is 0 Å². The number of allylic oxidation sites excluding steroid dienone is 1. The molecule has 6 heteroatoms. The molecule has 25 heavy (non-hydrogen) atoms. The van der Waals surface area contributed by atoms with Crippen LogP contribution in [0.4, 0.5) is 19.3 Å². The lowest BCUT2D eigenvalue weighted by molar-refractivity contribution is 0.104. The molecule has 2 N–H and O–H groups in total. The Kier molecular flexibility index (Phi) is 6.00. The Morgan fingerprint density at radius 3 is 2.28 bits per heavy atom. The fourth-order valence-corrected chi connectivity index (χ4v) is 2.03. The number of carbonyl (C=O) groups excluding carboxylic acids is 2. The highest BCUT2D eigenvalue weighted by atomic mass is 19.2. The standard InChI is InChI=1S/C19H18F2N2O2/c1-12(2)22-19(25)23-15-7-5-14(6-8-15)18(24)10-4-13-3-9-16(20)17(21)11-13/h3-12H,1-2H3,(H2,22,23,25)/b10-4+. The molecule has 2 amide bonds. The Labute approximate surface area is 144 Å². The molecule has 0 aliphatic heterocycles. The largest absolute Gasteiger partial charge is 0.336 e. The third-order valence-corrected chi connectivity index (χ3v) is 3.22. The van der Waals surface area contributed by atoms with Gasteiger partial charge in [-0.15, -0.1) is 0 Å². The van der Waals surface area contributed by atoms with Gasteiger partial charge in [-0.1, -0.05) is 12.1 Å². The van der Waals surface area contributed by atoms with E-state index in [1.54, 1.807) is 24.3 Å². The van der Waals surface area contributed by atoms with Crippen LogP contribution in [0.1, 0.15) is 29.8 Å². The molecule has 0 aromatic heterocycles. The molecule has 0 atom stereocenters. The van der Waals surface area contributed by atoms with Crippen LogP contribution in [0.3, 0.4) is 0 Å². The van der Waals surface area contributed by atoms with Crippen LogP contribution in [0.2, 0.25) is 0 Å². The maximum absolute atomic E-state index is 13.1. The fourth-order valence-electron chi connectivity index (χ4n) is 2.03. The molecule has 0 heterocycles. The number of hydrogen-bond donors (Lipinski definition) is 2. The molecule has 0 aliphatic rings. The van der Waals surface area contributed by atoms with Crippen molar-refractivity contribution in [3.8, 4) is 0 Å². The summed E-state index contributed by atoms with van der Waals surface area (Å²) in [5.41, 5.74) is 1.35. The van der Waals surface area contributed by atoms with Gasteiger partial charge in [0.25, 0.3) is 0 Å². The van der Waals surface area contributed by atoms with Crippen LogP contribution < -0.4 is 10.6 Å². The minimum absolute atomic E-state index is 0.0160. The summed E-state index contributed by atoms with van der Waals surface area (Å²) in [5.74, 6) is -2.19. The second-order valence-electron chi connectivity index (χ2n) is 5.70. The lowest BCUT2D eigenvalue weighted by Crippen LogP contribution is -2.34. The van der Waals surface area contributed by atoms with Crippen molar-refractivity contribution in [2.45, 2.75) is 19.9 Å². The first-order valence-corrected chi connectivity index (χ1v) is 7.70. The van der Waals surface area contributed by atoms with Crippen LogP contribution in [0, 0.1) is 11.6 Å². The number of anilines is 1. The van der Waals surface area contributed by atoms with Crippen molar-refractivity contribution in [3.05, 3.63) is 71.3 Å². The second kappa shape index (κ2) is 8.19. The van der Waals surface area contributed by atoms with Gasteiger partial charge < -0.3 is 10.6 Å². The van der Waals surface area contributed by atoms with Crippen LogP contribution in [0.15, 0.2) is 48.5 Å². The molecule has 0 radical (unpaired) electrons. The first-order valence-electron chi connectivity index (χ1n) is 7.70. The zero-order valence-corrected chi connectivity index (χ0v) is 13.8. The van der Waals surface area contributed by atoms with Gasteiger partial charge in [0, 0.05) is 17.3 Å². The van der Waals surface area contributed by atoms with E-state index in [-0.39, 0.29) is 17.9 Å². The summed E-state index contributed by atoms with van der Waals surface area (Å²) in [6, 6.07) is 9.45. The summed E-state index contributed by atoms with van der Waals surface area (Å²) in [6.07, 6.45) is 2.69. The van der Waals surface area contributed by atoms with Gasteiger partial charge in [-0.3, -0.25) is 4.79 Å². The van der Waals surface area contributed by atoms with Gasteiger partial charge in [-0.2, -0.15) is 0 Å². The van der Waals surface area contributed by atoms with Gasteiger partial charge in [-0.25, -0.2) is 13.6 Å². The van der Waals surface area contributed by atoms with Crippen molar-refractivity contribution >= 4 is 23.6 Å². The van der Waals surface area contributed by atoms with E-state index in [0.29, 0.717) is 16.8 Å². The molecular formula is C19H18F2N2O2. The Bertz CT molecular complexity index is 800. The number of carbonyl (C=O) groups is 2. The van der Waals surface area contributed by atoms with E-state index in [0.717, 1.165) is 12.1 Å². The van der Waals surface area contributed by atoms with E-state index in [9.17, 15) is 18.4 Å². The summed E-state index contributed by atoms with van der Waals surface area (Å²) in [7, 11) is 0. The molecule has 2 aromatic rings. The van der Waals surface area contributed by atoms with Gasteiger partial charge in [0.2, 0.25) is 0 Å². The van der Waals surface area contributed by atoms with E-state index in [1.807, 2.05) is 13.8 Å². The van der Waals surface area contributed by atoms with Crippen LogP contribution in [0.5, 0.6) is 0 Å². The first-order chi connectivity index (χ1) is 11.8. The molecule has 0 fully saturated rings. The molecule has 0 saturated heterocycles. The highest BCUT2D eigenvalue weighted by Crippen LogP contribution is 2.13. The maximum atomic E-state index is 13.1. The molecule has 0 spiro atoms. The number of urea groups is 1. The predicted octanol–water partition coefficient (Wildman–Crippen LogP) is 4.39. The Morgan fingerprint density at radius 2 is 1.68 bits per heavy atom. The predicted molar refractivity (Wildman–Crippen MR) is 93.5 cm³/mol. The lowest BCUT2D eigenvalue weighted by atomic mass is 10.1. The third-order valence-electron chi connectivity index (χ3n) is 3.22. The van der Waals surface area contributed by atoms with E-state index in [4.69, 9.17) is 0 Å². The molecule has 0 bridgehead atoms. The second-order valence-corrected chi connectivity index (χ2v) is 5.70. The zero-order valence-electron chi connectivity index (χ0n) is 13.8. The van der Waals surface area contributed by atoms with Gasteiger partial charge in [0.15, 0.2) is 17.4 Å². The lowest BCUT2D eigenvalue weighted by Gasteiger charge is -2.10. The molecule has 2 rings (SSSR count). The van der Waals surface area contributed by atoms with Gasteiger partial charge in [-0.05, 0) is 61.9 Å². The molecular weight excluding hydrogens is 326 g/mol. The van der Waals surface area contributed by atoms with Crippen LogP contribution in [-0.4, -0.2) is 17.9 Å². The highest BCUT2D eigenvalue weighted by Gasteiger charge is 2.06. The van der Waals surface area contributed by atoms with Crippen molar-refractivity contribution in [2.75, 3.05) is 5.32 Å². The molecule has 0 unspecified atom stereocenters. The van der Waals surface area contributed by atoms with Gasteiger partial charge in [0.1, 0.15) is 0 Å². The minimum atomic E-state index is -0.968. The van der Waals surface area contributed by atoms with E-state index >= 15 is 0 Å². The van der Waals surface area contributed by atoms with Crippen LogP contribution >= 0.6 is 0 Å². The fraction of sp³-hybridized carbons (Fsp3) is 0.158. The third kappa shape index (κ3) is 5.53. The highest BCUT2D eigenvalue weighted by molar-refractivity contribution is 6.07. The Morgan fingerprint density at radius 1 is 1.00 bits per heavy atom. The molecule has 0 saturated carbocycles. The molecule has 4 nitrogen and oxygen atoms in total. The number of benzene rings is 2. The molecule has 130 valence electrons. The van der Waals surface area contributed by atoms with Crippen molar-refractivity contribution in [2.24, 2.45) is 0 Å². The topological polar surface area (TPSA) is 58.2 Å². The number of halogens is 2. The smallest absolute Gasteiger partial charge is 0.319 e. The van der Waals surface area contributed by atoms with Crippen molar-refractivity contribution in [3.63, 3.8) is 0 Å². The first kappa shape index (κ1) is 18.3. The van der Waals surface area contributed by atoms with Crippen LogP contribution in [-0.2, 0) is 0 Å². The number of ketones is 1. The van der Waals surface area contributed by atoms with E-state index < -0.39 is 11.6 Å². The number of nitrogens with one attached hydrogen (secondary N) is 2. The van der Waals surface area contributed by atoms with Crippen molar-refractivity contribution < 1.29 is 18.4 Å². The quantitative estimate of drug-likeness (QED) is 0.624. The molecule has 2 aromatic carbocycles. The number of hydrogen-bond acceptors (Lipinski definition) is 2. The van der Waals surface area contributed by atoms with Gasteiger partial charge in [0.05, 0.1) is 0 Å². The van der Waals surface area contributed by atoms with E-state index in [2.05, 4.69) is 10.6 Å². The zero-order chi connectivity index (χ0) is 18.4. The normalized spacial score (nSPS) is 10.9. The number of amides is 2. The maximum Gasteiger partial charge on any atom is 0.319 e. The van der Waals surface area contributed by atoms with Gasteiger partial charge >= 0.3 is 6.03 Å².